The molecule has 6 atom stereocenters. The maximum atomic E-state index is 12.9. The number of benzene rings is 1. The molecule has 0 saturated carbocycles. The lowest BCUT2D eigenvalue weighted by molar-refractivity contribution is -0.271. The largest absolute Gasteiger partial charge is 0.479 e. The standard InChI is InChI=1S/C34H49N3O13/c1-18(2)20-16-25(40)37(30(20)44)14-8-6-7-9-23(38)35-13-12-24(39)36-21-15-19(17-48-33(47)34(3,4)5)10-11-22(21)49-32-28(43)26(41)27(42)29(50-32)31(45)46/h10-11,15,18,20,26-29,32,41-43H,6-9,12-14,16-17H2,1-5H3,(H,35,38)(H,36,39)(H,45,46)/t20?,26-,27-,28+,29-,32+/m0/s1. The van der Waals surface area contributed by atoms with Crippen molar-refractivity contribution < 1.29 is 63.4 Å². The second-order valence-electron chi connectivity index (χ2n) is 13.9. The molecule has 50 heavy (non-hydrogen) atoms. The fourth-order valence-corrected chi connectivity index (χ4v) is 5.32. The van der Waals surface area contributed by atoms with Gasteiger partial charge in [0, 0.05) is 38.3 Å². The SMILES string of the molecule is CC(C)C1CC(=O)N(CCCCCC(=O)NCCC(=O)Nc2cc(COC(=O)C(C)(C)C)ccc2O[C@@H]2O[C@H](C(=O)O)[C@@H](O)[C@H](O)[C@H]2O)C1=O. The number of nitrogens with zero attached hydrogens (tertiary/aromatic N) is 1. The first kappa shape index (κ1) is 40.3. The molecule has 0 bridgehead atoms. The fraction of sp³-hybridized carbons (Fsp3) is 0.647. The molecule has 3 rings (SSSR count). The van der Waals surface area contributed by atoms with Crippen molar-refractivity contribution in [3.63, 3.8) is 0 Å². The first-order chi connectivity index (χ1) is 23.4. The molecule has 4 amide bonds. The van der Waals surface area contributed by atoms with E-state index in [0.717, 1.165) is 0 Å². The number of likely N-dealkylation sites (tertiary alicyclic amines) is 1. The number of ether oxygens (including phenoxy) is 3. The van der Waals surface area contributed by atoms with E-state index in [1.165, 1.54) is 23.1 Å². The predicted molar refractivity (Wildman–Crippen MR) is 175 cm³/mol. The van der Waals surface area contributed by atoms with E-state index in [0.29, 0.717) is 31.4 Å². The van der Waals surface area contributed by atoms with Gasteiger partial charge >= 0.3 is 11.9 Å². The number of nitrogens with one attached hydrogen (secondary N) is 2. The monoisotopic (exact) mass is 707 g/mol. The molecule has 0 aliphatic carbocycles. The van der Waals surface area contributed by atoms with Gasteiger partial charge in [-0.2, -0.15) is 0 Å². The maximum Gasteiger partial charge on any atom is 0.335 e. The number of hydrogen-bond acceptors (Lipinski definition) is 12. The average molecular weight is 708 g/mol. The van der Waals surface area contributed by atoms with Crippen molar-refractivity contribution in [2.75, 3.05) is 18.4 Å². The van der Waals surface area contributed by atoms with Crippen LogP contribution in [0.3, 0.4) is 0 Å². The number of carbonyl (C=O) groups excluding carboxylic acids is 5. The Kier molecular flexibility index (Phi) is 14.3. The molecule has 2 fully saturated rings. The summed E-state index contributed by atoms with van der Waals surface area (Å²) in [5, 5.41) is 45.2. The molecule has 0 aromatic heterocycles. The molecule has 0 radical (unpaired) electrons. The first-order valence-electron chi connectivity index (χ1n) is 16.7. The maximum absolute atomic E-state index is 12.9. The van der Waals surface area contributed by atoms with Crippen LogP contribution in [0.2, 0.25) is 0 Å². The number of aliphatic carboxylic acids is 1. The van der Waals surface area contributed by atoms with Crippen LogP contribution in [-0.2, 0) is 44.8 Å². The normalized spacial score (nSPS) is 23.9. The number of rotatable bonds is 16. The van der Waals surface area contributed by atoms with Gasteiger partial charge < -0.3 is 45.3 Å². The molecule has 278 valence electrons. The lowest BCUT2D eigenvalue weighted by Gasteiger charge is -2.38. The Balaban J connectivity index is 1.54. The van der Waals surface area contributed by atoms with Gasteiger partial charge in [-0.25, -0.2) is 4.79 Å². The van der Waals surface area contributed by atoms with Crippen LogP contribution in [0.5, 0.6) is 5.75 Å². The number of amides is 4. The molecular weight excluding hydrogens is 658 g/mol. The Morgan fingerprint density at radius 2 is 1.68 bits per heavy atom. The summed E-state index contributed by atoms with van der Waals surface area (Å²) in [5.74, 6) is -3.48. The van der Waals surface area contributed by atoms with Crippen molar-refractivity contribution in [2.45, 2.75) is 110 Å². The second kappa shape index (κ2) is 17.7. The van der Waals surface area contributed by atoms with E-state index in [9.17, 15) is 49.2 Å². The zero-order valence-corrected chi connectivity index (χ0v) is 29.0. The van der Waals surface area contributed by atoms with Gasteiger partial charge in [0.2, 0.25) is 29.9 Å². The number of anilines is 1. The van der Waals surface area contributed by atoms with E-state index in [1.807, 2.05) is 13.8 Å². The van der Waals surface area contributed by atoms with Gasteiger partial charge in [-0.1, -0.05) is 26.3 Å². The van der Waals surface area contributed by atoms with Gasteiger partial charge in [0.05, 0.1) is 11.1 Å². The number of unbranched alkanes of at least 4 members (excludes halogenated alkanes) is 2. The van der Waals surface area contributed by atoms with E-state index in [1.54, 1.807) is 20.8 Å². The lowest BCUT2D eigenvalue weighted by Crippen LogP contribution is -2.61. The van der Waals surface area contributed by atoms with Crippen LogP contribution in [0, 0.1) is 17.3 Å². The molecule has 6 N–H and O–H groups in total. The summed E-state index contributed by atoms with van der Waals surface area (Å²) < 4.78 is 16.2. The smallest absolute Gasteiger partial charge is 0.335 e. The van der Waals surface area contributed by atoms with Gasteiger partial charge in [0.25, 0.3) is 0 Å². The van der Waals surface area contributed by atoms with Crippen molar-refractivity contribution in [1.82, 2.24) is 10.2 Å². The number of carboxylic acid groups (broad SMARTS) is 1. The van der Waals surface area contributed by atoms with Crippen molar-refractivity contribution in [2.24, 2.45) is 17.3 Å². The summed E-state index contributed by atoms with van der Waals surface area (Å²) in [5.41, 5.74) is -0.291. The Morgan fingerprint density at radius 3 is 2.30 bits per heavy atom. The Hall–Kier alpha value is -4.12. The van der Waals surface area contributed by atoms with Crippen LogP contribution < -0.4 is 15.4 Å². The molecule has 2 aliphatic heterocycles. The highest BCUT2D eigenvalue weighted by Crippen LogP contribution is 2.32. The number of carboxylic acids is 1. The molecule has 2 heterocycles. The van der Waals surface area contributed by atoms with Gasteiger partial charge in [-0.3, -0.25) is 28.9 Å². The summed E-state index contributed by atoms with van der Waals surface area (Å²) in [6, 6.07) is 4.29. The zero-order chi connectivity index (χ0) is 37.3. The van der Waals surface area contributed by atoms with Crippen molar-refractivity contribution >= 4 is 41.3 Å². The second-order valence-corrected chi connectivity index (χ2v) is 13.9. The first-order valence-corrected chi connectivity index (χ1v) is 16.7. The molecule has 0 spiro atoms. The molecule has 1 aromatic carbocycles. The summed E-state index contributed by atoms with van der Waals surface area (Å²) in [6.07, 6.45) is -7.35. The third-order valence-corrected chi connectivity index (χ3v) is 8.40. The van der Waals surface area contributed by atoms with Gasteiger partial charge in [0.15, 0.2) is 6.10 Å². The zero-order valence-electron chi connectivity index (χ0n) is 29.0. The minimum Gasteiger partial charge on any atom is -0.479 e. The molecule has 16 heteroatoms. The highest BCUT2D eigenvalue weighted by atomic mass is 16.7. The van der Waals surface area contributed by atoms with Crippen LogP contribution >= 0.6 is 0 Å². The van der Waals surface area contributed by atoms with Crippen LogP contribution in [0.15, 0.2) is 18.2 Å². The molecule has 16 nitrogen and oxygen atoms in total. The van der Waals surface area contributed by atoms with Crippen LogP contribution in [0.4, 0.5) is 5.69 Å². The highest BCUT2D eigenvalue weighted by molar-refractivity contribution is 6.03. The van der Waals surface area contributed by atoms with Gasteiger partial charge in [-0.15, -0.1) is 0 Å². The van der Waals surface area contributed by atoms with E-state index < -0.39 is 54.0 Å². The van der Waals surface area contributed by atoms with Gasteiger partial charge in [0.1, 0.15) is 30.7 Å². The Morgan fingerprint density at radius 1 is 0.980 bits per heavy atom. The van der Waals surface area contributed by atoms with E-state index in [-0.39, 0.29) is 73.4 Å². The molecular formula is C34H49N3O13. The topological polar surface area (TPSA) is 238 Å². The molecule has 1 unspecified atom stereocenters. The van der Waals surface area contributed by atoms with Crippen LogP contribution in [0.1, 0.15) is 78.7 Å². The average Bonchev–Trinajstić information content (AvgIpc) is 3.32. The summed E-state index contributed by atoms with van der Waals surface area (Å²) >= 11 is 0. The highest BCUT2D eigenvalue weighted by Gasteiger charge is 2.48. The van der Waals surface area contributed by atoms with E-state index in [2.05, 4.69) is 10.6 Å². The van der Waals surface area contributed by atoms with Gasteiger partial charge in [-0.05, 0) is 57.2 Å². The Labute approximate surface area is 290 Å². The number of esters is 1. The summed E-state index contributed by atoms with van der Waals surface area (Å²) in [6.45, 7) is 9.04. The third-order valence-electron chi connectivity index (χ3n) is 8.40. The molecule has 1 aromatic rings. The minimum absolute atomic E-state index is 0.00800. The quantitative estimate of drug-likeness (QED) is 0.0802. The molecule has 2 saturated heterocycles. The number of aliphatic hydroxyl groups excluding tert-OH is 3. The number of aliphatic hydroxyl groups is 3. The number of hydrogen-bond donors (Lipinski definition) is 6. The van der Waals surface area contributed by atoms with Crippen molar-refractivity contribution in [3.05, 3.63) is 23.8 Å². The lowest BCUT2D eigenvalue weighted by atomic mass is 9.94. The predicted octanol–water partition coefficient (Wildman–Crippen LogP) is 1.08. The third kappa shape index (κ3) is 10.9. The van der Waals surface area contributed by atoms with Crippen molar-refractivity contribution in [3.8, 4) is 5.75 Å². The number of imide groups is 1. The van der Waals surface area contributed by atoms with Crippen LogP contribution in [-0.4, -0.2) is 105 Å². The minimum atomic E-state index is -1.93. The summed E-state index contributed by atoms with van der Waals surface area (Å²) in [7, 11) is 0. The fourth-order valence-electron chi connectivity index (χ4n) is 5.32. The van der Waals surface area contributed by atoms with Crippen molar-refractivity contribution in [1.29, 1.82) is 0 Å². The van der Waals surface area contributed by atoms with E-state index in [4.69, 9.17) is 14.2 Å². The number of carbonyl (C=O) groups is 6. The van der Waals surface area contributed by atoms with E-state index >= 15 is 0 Å². The Bertz CT molecular complexity index is 1410. The van der Waals surface area contributed by atoms with Crippen LogP contribution in [0.25, 0.3) is 0 Å². The summed E-state index contributed by atoms with van der Waals surface area (Å²) in [4.78, 5) is 75.0. The molecule has 2 aliphatic rings.